The van der Waals surface area contributed by atoms with E-state index in [1.54, 1.807) is 11.3 Å². The van der Waals surface area contributed by atoms with Crippen LogP contribution in [0.15, 0.2) is 5.38 Å². The molecular weight excluding hydrogens is 264 g/mol. The van der Waals surface area contributed by atoms with Gasteiger partial charge in [-0.2, -0.15) is 0 Å². The van der Waals surface area contributed by atoms with Crippen LogP contribution in [0.1, 0.15) is 23.5 Å². The molecule has 1 aromatic rings. The molecule has 0 amide bonds. The molecule has 0 atom stereocenters. The van der Waals surface area contributed by atoms with E-state index in [2.05, 4.69) is 4.98 Å². The van der Waals surface area contributed by atoms with Gasteiger partial charge in [0.15, 0.2) is 0 Å². The van der Waals surface area contributed by atoms with Crippen molar-refractivity contribution < 1.29 is 14.6 Å². The maximum atomic E-state index is 11.6. The van der Waals surface area contributed by atoms with E-state index in [9.17, 15) is 9.90 Å². The molecule has 1 aliphatic heterocycles. The lowest BCUT2D eigenvalue weighted by molar-refractivity contribution is -0.156. The highest BCUT2D eigenvalue weighted by Crippen LogP contribution is 2.32. The second-order valence-electron chi connectivity index (χ2n) is 5.23. The number of rotatable bonds is 5. The Labute approximate surface area is 117 Å². The zero-order valence-corrected chi connectivity index (χ0v) is 12.2. The maximum absolute atomic E-state index is 11.6. The normalized spacial score (nSPS) is 18.7. The van der Waals surface area contributed by atoms with Gasteiger partial charge in [-0.1, -0.05) is 0 Å². The van der Waals surface area contributed by atoms with Gasteiger partial charge in [0.25, 0.3) is 0 Å². The molecule has 0 unspecified atom stereocenters. The Morgan fingerprint density at radius 3 is 2.79 bits per heavy atom. The lowest BCUT2D eigenvalue weighted by Crippen LogP contribution is -2.45. The van der Waals surface area contributed by atoms with Gasteiger partial charge in [-0.15, -0.1) is 11.3 Å². The Kier molecular flexibility index (Phi) is 4.54. The van der Waals surface area contributed by atoms with Gasteiger partial charge in [-0.05, 0) is 26.8 Å². The summed E-state index contributed by atoms with van der Waals surface area (Å²) in [5, 5.41) is 12.6. The third-order valence-corrected chi connectivity index (χ3v) is 4.40. The van der Waals surface area contributed by atoms with Gasteiger partial charge >= 0.3 is 5.97 Å². The van der Waals surface area contributed by atoms with E-state index in [1.165, 1.54) is 0 Å². The first-order valence-corrected chi connectivity index (χ1v) is 7.30. The summed E-state index contributed by atoms with van der Waals surface area (Å²) in [6.45, 7) is 4.29. The molecule has 0 saturated carbocycles. The lowest BCUT2D eigenvalue weighted by Gasteiger charge is -2.36. The molecule has 0 bridgehead atoms. The van der Waals surface area contributed by atoms with Crippen molar-refractivity contribution in [1.29, 1.82) is 0 Å². The van der Waals surface area contributed by atoms with E-state index in [4.69, 9.17) is 4.74 Å². The Hall–Kier alpha value is -0.980. The molecule has 1 aliphatic rings. The molecule has 1 N–H and O–H groups in total. The van der Waals surface area contributed by atoms with E-state index in [-0.39, 0.29) is 0 Å². The summed E-state index contributed by atoms with van der Waals surface area (Å²) in [7, 11) is 1.95. The van der Waals surface area contributed by atoms with Gasteiger partial charge in [0.2, 0.25) is 0 Å². The monoisotopic (exact) mass is 284 g/mol. The lowest BCUT2D eigenvalue weighted by atomic mass is 9.80. The van der Waals surface area contributed by atoms with Crippen molar-refractivity contribution >= 4 is 17.3 Å². The molecule has 1 aromatic heterocycles. The smallest absolute Gasteiger partial charge is 0.311 e. The molecule has 6 heteroatoms. The summed E-state index contributed by atoms with van der Waals surface area (Å²) in [5.41, 5.74) is 0.343. The number of aliphatic carboxylic acids is 1. The van der Waals surface area contributed by atoms with E-state index in [1.807, 2.05) is 24.3 Å². The van der Waals surface area contributed by atoms with Crippen LogP contribution in [0, 0.1) is 12.3 Å². The minimum Gasteiger partial charge on any atom is -0.481 e. The van der Waals surface area contributed by atoms with Crippen LogP contribution in [-0.2, 0) is 16.1 Å². The number of ether oxygens (including phenoxy) is 1. The Balaban J connectivity index is 1.98. The van der Waals surface area contributed by atoms with Crippen LogP contribution < -0.4 is 0 Å². The number of carboxylic acids is 1. The second-order valence-corrected chi connectivity index (χ2v) is 6.29. The first kappa shape index (κ1) is 14.4. The predicted octanol–water partition coefficient (Wildman–Crippen LogP) is 1.76. The number of aromatic nitrogens is 1. The van der Waals surface area contributed by atoms with Crippen molar-refractivity contribution in [2.45, 2.75) is 26.3 Å². The van der Waals surface area contributed by atoms with Crippen LogP contribution in [0.2, 0.25) is 0 Å². The third kappa shape index (κ3) is 3.52. The molecule has 1 fully saturated rings. The number of carboxylic acid groups (broad SMARTS) is 1. The molecule has 106 valence electrons. The average molecular weight is 284 g/mol. The fourth-order valence-electron chi connectivity index (χ4n) is 2.53. The van der Waals surface area contributed by atoms with Crippen molar-refractivity contribution in [2.24, 2.45) is 5.41 Å². The van der Waals surface area contributed by atoms with Gasteiger partial charge in [0.1, 0.15) is 0 Å². The molecule has 0 spiro atoms. The highest BCUT2D eigenvalue weighted by atomic mass is 32.1. The maximum Gasteiger partial charge on any atom is 0.311 e. The SMILES string of the molecule is Cc1nc(CN(C)CC2(C(=O)O)CCOCC2)cs1. The summed E-state index contributed by atoms with van der Waals surface area (Å²) in [6, 6.07) is 0. The molecule has 5 nitrogen and oxygen atoms in total. The molecule has 1 saturated heterocycles. The Bertz CT molecular complexity index is 441. The number of thiazole rings is 1. The summed E-state index contributed by atoms with van der Waals surface area (Å²) >= 11 is 1.62. The topological polar surface area (TPSA) is 62.7 Å². The first-order valence-electron chi connectivity index (χ1n) is 6.42. The van der Waals surface area contributed by atoms with Crippen molar-refractivity contribution in [3.63, 3.8) is 0 Å². The zero-order chi connectivity index (χ0) is 13.9. The largest absolute Gasteiger partial charge is 0.481 e. The van der Waals surface area contributed by atoms with Crippen LogP contribution in [0.4, 0.5) is 0 Å². The van der Waals surface area contributed by atoms with Crippen molar-refractivity contribution in [3.05, 3.63) is 16.1 Å². The van der Waals surface area contributed by atoms with Crippen molar-refractivity contribution in [1.82, 2.24) is 9.88 Å². The Morgan fingerprint density at radius 1 is 1.58 bits per heavy atom. The summed E-state index contributed by atoms with van der Waals surface area (Å²) in [6.07, 6.45) is 1.17. The van der Waals surface area contributed by atoms with Gasteiger partial charge in [0.05, 0.1) is 16.1 Å². The Morgan fingerprint density at radius 2 is 2.26 bits per heavy atom. The number of aryl methyl sites for hydroxylation is 1. The van der Waals surface area contributed by atoms with Crippen molar-refractivity contribution in [2.75, 3.05) is 26.8 Å². The highest BCUT2D eigenvalue weighted by Gasteiger charge is 2.41. The number of nitrogens with zero attached hydrogens (tertiary/aromatic N) is 2. The minimum atomic E-state index is -0.711. The van der Waals surface area contributed by atoms with Crippen LogP contribution in [0.3, 0.4) is 0 Å². The first-order chi connectivity index (χ1) is 9.02. The second kappa shape index (κ2) is 5.98. The van der Waals surface area contributed by atoms with Gasteiger partial charge in [-0.25, -0.2) is 4.98 Å². The van der Waals surface area contributed by atoms with E-state index < -0.39 is 11.4 Å². The van der Waals surface area contributed by atoms with Gasteiger partial charge in [-0.3, -0.25) is 9.69 Å². The molecule has 0 aromatic carbocycles. The average Bonchev–Trinajstić information content (AvgIpc) is 2.75. The van der Waals surface area contributed by atoms with E-state index in [0.29, 0.717) is 39.1 Å². The highest BCUT2D eigenvalue weighted by molar-refractivity contribution is 7.09. The van der Waals surface area contributed by atoms with Gasteiger partial charge in [0, 0.05) is 31.7 Å². The van der Waals surface area contributed by atoms with Crippen molar-refractivity contribution in [3.8, 4) is 0 Å². The minimum absolute atomic E-state index is 0.538. The van der Waals surface area contributed by atoms with Crippen LogP contribution in [-0.4, -0.2) is 47.8 Å². The number of hydrogen-bond donors (Lipinski definition) is 1. The fourth-order valence-corrected chi connectivity index (χ4v) is 3.14. The predicted molar refractivity (Wildman–Crippen MR) is 73.3 cm³/mol. The number of hydrogen-bond acceptors (Lipinski definition) is 5. The molecular formula is C13H20N2O3S. The standard InChI is InChI=1S/C13H20N2O3S/c1-10-14-11(8-19-10)7-15(2)9-13(12(16)17)3-5-18-6-4-13/h8H,3-7,9H2,1-2H3,(H,16,17). The molecule has 0 radical (unpaired) electrons. The van der Waals surface area contributed by atoms with E-state index in [0.717, 1.165) is 10.7 Å². The van der Waals surface area contributed by atoms with Crippen LogP contribution in [0.25, 0.3) is 0 Å². The third-order valence-electron chi connectivity index (χ3n) is 3.57. The van der Waals surface area contributed by atoms with Gasteiger partial charge < -0.3 is 9.84 Å². The fraction of sp³-hybridized carbons (Fsp3) is 0.692. The molecule has 2 rings (SSSR count). The summed E-state index contributed by atoms with van der Waals surface area (Å²) < 4.78 is 5.29. The molecule has 0 aliphatic carbocycles. The molecule has 2 heterocycles. The van der Waals surface area contributed by atoms with Crippen LogP contribution >= 0.6 is 11.3 Å². The van der Waals surface area contributed by atoms with E-state index >= 15 is 0 Å². The summed E-state index contributed by atoms with van der Waals surface area (Å²) in [4.78, 5) is 18.0. The molecule has 19 heavy (non-hydrogen) atoms. The summed E-state index contributed by atoms with van der Waals surface area (Å²) in [5.74, 6) is -0.711. The zero-order valence-electron chi connectivity index (χ0n) is 11.4. The van der Waals surface area contributed by atoms with Crippen LogP contribution in [0.5, 0.6) is 0 Å². The quantitative estimate of drug-likeness (QED) is 0.892. The number of carbonyl (C=O) groups is 1.